The Hall–Kier alpha value is -3.32. The van der Waals surface area contributed by atoms with E-state index >= 15 is 0 Å². The van der Waals surface area contributed by atoms with Crippen LogP contribution in [-0.4, -0.2) is 24.0 Å². The van der Waals surface area contributed by atoms with Crippen LogP contribution in [0.4, 0.5) is 10.7 Å². The van der Waals surface area contributed by atoms with E-state index in [-0.39, 0.29) is 29.9 Å². The van der Waals surface area contributed by atoms with Crippen LogP contribution >= 0.6 is 11.3 Å². The maximum Gasteiger partial charge on any atom is 0.266 e. The van der Waals surface area contributed by atoms with Crippen molar-refractivity contribution < 1.29 is 19.4 Å². The Morgan fingerprint density at radius 3 is 2.69 bits per heavy atom. The lowest BCUT2D eigenvalue weighted by Crippen LogP contribution is -2.22. The van der Waals surface area contributed by atoms with Crippen molar-refractivity contribution in [1.82, 2.24) is 0 Å². The smallest absolute Gasteiger partial charge is 0.266 e. The van der Waals surface area contributed by atoms with E-state index in [1.54, 1.807) is 12.1 Å². The van der Waals surface area contributed by atoms with Gasteiger partial charge < -0.3 is 20.5 Å². The molecular formula is C22H20N2O4S. The summed E-state index contributed by atoms with van der Waals surface area (Å²) in [6.45, 7) is 1.89. The van der Waals surface area contributed by atoms with Gasteiger partial charge >= 0.3 is 0 Å². The van der Waals surface area contributed by atoms with E-state index in [0.717, 1.165) is 16.7 Å². The van der Waals surface area contributed by atoms with Crippen molar-refractivity contribution in [1.29, 1.82) is 0 Å². The van der Waals surface area contributed by atoms with Gasteiger partial charge in [-0.2, -0.15) is 0 Å². The van der Waals surface area contributed by atoms with Crippen LogP contribution in [0.5, 0.6) is 11.5 Å². The molecule has 148 valence electrons. The summed E-state index contributed by atoms with van der Waals surface area (Å²) < 4.78 is 5.11. The Morgan fingerprint density at radius 2 is 2.00 bits per heavy atom. The second-order valence-electron chi connectivity index (χ2n) is 6.86. The maximum atomic E-state index is 12.8. The number of hydrogen-bond acceptors (Lipinski definition) is 5. The van der Waals surface area contributed by atoms with Gasteiger partial charge in [0, 0.05) is 18.0 Å². The molecule has 0 radical (unpaired) electrons. The standard InChI is InChI=1S/C22H20N2O4S/c1-12-19-15(13-8-9-17(28-2)16(25)10-13)11-18(26)24-22(19)29-20(12)21(27)23-14-6-4-3-5-7-14/h3-10,15,25H,11H2,1-2H3,(H,23,27)(H,24,26)/t15-/m0/s1. The van der Waals surface area contributed by atoms with Crippen LogP contribution in [0.2, 0.25) is 0 Å². The highest BCUT2D eigenvalue weighted by Crippen LogP contribution is 2.46. The Kier molecular flexibility index (Phi) is 4.98. The number of amides is 2. The minimum atomic E-state index is -0.245. The van der Waals surface area contributed by atoms with Crippen LogP contribution in [0.1, 0.15) is 38.7 Å². The molecule has 0 aliphatic carbocycles. The van der Waals surface area contributed by atoms with E-state index in [1.807, 2.05) is 43.3 Å². The Balaban J connectivity index is 1.72. The molecule has 0 saturated carbocycles. The Morgan fingerprint density at radius 1 is 1.24 bits per heavy atom. The summed E-state index contributed by atoms with van der Waals surface area (Å²) in [5.41, 5.74) is 3.26. The van der Waals surface area contributed by atoms with Crippen molar-refractivity contribution in [3.05, 3.63) is 70.1 Å². The quantitative estimate of drug-likeness (QED) is 0.593. The molecule has 0 spiro atoms. The molecule has 1 aromatic heterocycles. The van der Waals surface area contributed by atoms with E-state index in [2.05, 4.69) is 10.6 Å². The molecule has 0 unspecified atom stereocenters. The highest BCUT2D eigenvalue weighted by Gasteiger charge is 2.33. The number of anilines is 2. The van der Waals surface area contributed by atoms with Crippen LogP contribution in [-0.2, 0) is 4.79 Å². The molecule has 1 atom stereocenters. The Labute approximate surface area is 172 Å². The van der Waals surface area contributed by atoms with E-state index in [9.17, 15) is 14.7 Å². The van der Waals surface area contributed by atoms with E-state index in [1.165, 1.54) is 18.4 Å². The molecule has 7 heteroatoms. The van der Waals surface area contributed by atoms with Crippen molar-refractivity contribution in [2.45, 2.75) is 19.3 Å². The number of carbonyl (C=O) groups is 2. The number of aromatic hydroxyl groups is 1. The van der Waals surface area contributed by atoms with E-state index < -0.39 is 0 Å². The second-order valence-corrected chi connectivity index (χ2v) is 7.88. The summed E-state index contributed by atoms with van der Waals surface area (Å²) in [6, 6.07) is 14.4. The number of phenols is 1. The fourth-order valence-electron chi connectivity index (χ4n) is 3.64. The van der Waals surface area contributed by atoms with Crippen molar-refractivity contribution in [3.63, 3.8) is 0 Å². The number of rotatable bonds is 4. The summed E-state index contributed by atoms with van der Waals surface area (Å²) >= 11 is 1.27. The normalized spacial score (nSPS) is 15.4. The number of benzene rings is 2. The van der Waals surface area contributed by atoms with Crippen molar-refractivity contribution >= 4 is 33.8 Å². The van der Waals surface area contributed by atoms with Crippen molar-refractivity contribution in [2.24, 2.45) is 0 Å². The maximum absolute atomic E-state index is 12.8. The molecule has 0 saturated heterocycles. The first kappa shape index (κ1) is 19.0. The number of ether oxygens (including phenoxy) is 1. The summed E-state index contributed by atoms with van der Waals surface area (Å²) in [5.74, 6) is -0.176. The molecule has 2 heterocycles. The summed E-state index contributed by atoms with van der Waals surface area (Å²) in [5, 5.41) is 16.6. The molecule has 1 aliphatic heterocycles. The lowest BCUT2D eigenvalue weighted by Gasteiger charge is -2.24. The average Bonchev–Trinajstić information content (AvgIpc) is 3.04. The van der Waals surface area contributed by atoms with Gasteiger partial charge in [-0.15, -0.1) is 11.3 Å². The van der Waals surface area contributed by atoms with Crippen molar-refractivity contribution in [3.8, 4) is 11.5 Å². The van der Waals surface area contributed by atoms with Crippen LogP contribution in [0.3, 0.4) is 0 Å². The first-order chi connectivity index (χ1) is 14.0. The molecule has 2 aromatic carbocycles. The molecule has 2 amide bonds. The highest BCUT2D eigenvalue weighted by molar-refractivity contribution is 7.18. The monoisotopic (exact) mass is 408 g/mol. The van der Waals surface area contributed by atoms with Gasteiger partial charge in [0.2, 0.25) is 5.91 Å². The molecule has 0 bridgehead atoms. The molecule has 3 aromatic rings. The fourth-order valence-corrected chi connectivity index (χ4v) is 4.82. The molecule has 1 aliphatic rings. The fraction of sp³-hybridized carbons (Fsp3) is 0.182. The minimum absolute atomic E-state index is 0.0208. The van der Waals surface area contributed by atoms with Crippen LogP contribution < -0.4 is 15.4 Å². The first-order valence-electron chi connectivity index (χ1n) is 9.14. The molecule has 4 rings (SSSR count). The first-order valence-corrected chi connectivity index (χ1v) is 9.96. The SMILES string of the molecule is COc1ccc([C@@H]2CC(=O)Nc3sc(C(=O)Nc4ccccc4)c(C)c32)cc1O. The molecule has 0 fully saturated rings. The van der Waals surface area contributed by atoms with Gasteiger partial charge in [-0.3, -0.25) is 9.59 Å². The third-order valence-corrected chi connectivity index (χ3v) is 6.25. The lowest BCUT2D eigenvalue weighted by atomic mass is 9.84. The average molecular weight is 408 g/mol. The Bertz CT molecular complexity index is 1090. The number of para-hydroxylation sites is 1. The predicted octanol–water partition coefficient (Wildman–Crippen LogP) is 4.50. The van der Waals surface area contributed by atoms with Gasteiger partial charge in [-0.25, -0.2) is 0 Å². The van der Waals surface area contributed by atoms with E-state index in [0.29, 0.717) is 21.3 Å². The topological polar surface area (TPSA) is 87.7 Å². The zero-order valence-corrected chi connectivity index (χ0v) is 16.8. The van der Waals surface area contributed by atoms with Gasteiger partial charge in [0.05, 0.1) is 17.0 Å². The summed E-state index contributed by atoms with van der Waals surface area (Å²) in [7, 11) is 1.49. The van der Waals surface area contributed by atoms with Gasteiger partial charge in [-0.05, 0) is 47.9 Å². The number of phenolic OH excluding ortho intramolecular Hbond substituents is 1. The third kappa shape index (κ3) is 3.56. The molecule has 6 nitrogen and oxygen atoms in total. The number of thiophene rings is 1. The van der Waals surface area contributed by atoms with E-state index in [4.69, 9.17) is 4.74 Å². The molecular weight excluding hydrogens is 388 g/mol. The zero-order chi connectivity index (χ0) is 20.5. The van der Waals surface area contributed by atoms with Gasteiger partial charge in [0.15, 0.2) is 11.5 Å². The van der Waals surface area contributed by atoms with Crippen LogP contribution in [0.15, 0.2) is 48.5 Å². The molecule has 29 heavy (non-hydrogen) atoms. The number of carbonyl (C=O) groups excluding carboxylic acids is 2. The minimum Gasteiger partial charge on any atom is -0.504 e. The summed E-state index contributed by atoms with van der Waals surface area (Å²) in [6.07, 6.45) is 0.246. The number of fused-ring (bicyclic) bond motifs is 1. The van der Waals surface area contributed by atoms with Crippen molar-refractivity contribution in [2.75, 3.05) is 17.7 Å². The van der Waals surface area contributed by atoms with Gasteiger partial charge in [0.1, 0.15) is 0 Å². The number of hydrogen-bond donors (Lipinski definition) is 3. The number of nitrogens with one attached hydrogen (secondary N) is 2. The van der Waals surface area contributed by atoms with Gasteiger partial charge in [0.25, 0.3) is 5.91 Å². The third-order valence-electron chi connectivity index (χ3n) is 5.03. The predicted molar refractivity (Wildman–Crippen MR) is 113 cm³/mol. The lowest BCUT2D eigenvalue weighted by molar-refractivity contribution is -0.116. The highest BCUT2D eigenvalue weighted by atomic mass is 32.1. The van der Waals surface area contributed by atoms with Crippen LogP contribution in [0.25, 0.3) is 0 Å². The number of methoxy groups -OCH3 is 1. The molecule has 3 N–H and O–H groups in total. The second kappa shape index (κ2) is 7.60. The zero-order valence-electron chi connectivity index (χ0n) is 16.0. The van der Waals surface area contributed by atoms with Gasteiger partial charge in [-0.1, -0.05) is 24.3 Å². The summed E-state index contributed by atoms with van der Waals surface area (Å²) in [4.78, 5) is 25.7. The largest absolute Gasteiger partial charge is 0.504 e. The van der Waals surface area contributed by atoms with Crippen LogP contribution in [0, 0.1) is 6.92 Å².